The lowest BCUT2D eigenvalue weighted by Gasteiger charge is -2.05. The van der Waals surface area contributed by atoms with Crippen molar-refractivity contribution in [2.45, 2.75) is 74.1 Å². The van der Waals surface area contributed by atoms with E-state index in [0.29, 0.717) is 0 Å². The fourth-order valence-corrected chi connectivity index (χ4v) is 1.13. The molecule has 0 nitrogen and oxygen atoms in total. The van der Waals surface area contributed by atoms with E-state index in [1.807, 2.05) is 27.7 Å². The minimum atomic E-state index is 0.963. The van der Waals surface area contributed by atoms with Crippen molar-refractivity contribution in [1.29, 1.82) is 0 Å². The molecule has 0 N–H and O–H groups in total. The second-order valence-corrected chi connectivity index (χ2v) is 3.89. The maximum atomic E-state index is 3.56. The van der Waals surface area contributed by atoms with E-state index in [9.17, 15) is 0 Å². The predicted octanol–water partition coefficient (Wildman–Crippen LogP) is 5.83. The molecular formula is C14H32. The van der Waals surface area contributed by atoms with Crippen molar-refractivity contribution < 1.29 is 0 Å². The van der Waals surface area contributed by atoms with Gasteiger partial charge >= 0.3 is 0 Å². The van der Waals surface area contributed by atoms with Crippen LogP contribution in [0.1, 0.15) is 74.1 Å². The van der Waals surface area contributed by atoms with Crippen LogP contribution in [-0.4, -0.2) is 0 Å². The molecule has 0 atom stereocenters. The van der Waals surface area contributed by atoms with Gasteiger partial charge in [0.25, 0.3) is 0 Å². The highest BCUT2D eigenvalue weighted by molar-refractivity contribution is 4.78. The molecule has 0 aromatic rings. The molecule has 14 heavy (non-hydrogen) atoms. The van der Waals surface area contributed by atoms with Crippen molar-refractivity contribution >= 4 is 0 Å². The van der Waals surface area contributed by atoms with Crippen molar-refractivity contribution in [3.8, 4) is 0 Å². The van der Waals surface area contributed by atoms with Gasteiger partial charge in [0, 0.05) is 0 Å². The molecule has 0 heterocycles. The van der Waals surface area contributed by atoms with Crippen LogP contribution in [0.25, 0.3) is 0 Å². The third-order valence-corrected chi connectivity index (χ3v) is 1.56. The summed E-state index contributed by atoms with van der Waals surface area (Å²) in [6.07, 6.45) is 5.52. The predicted molar refractivity (Wildman–Crippen MR) is 70.8 cm³/mol. The zero-order valence-electron chi connectivity index (χ0n) is 11.6. The molecule has 0 rings (SSSR count). The molecule has 0 saturated carbocycles. The Hall–Kier alpha value is -0.260. The van der Waals surface area contributed by atoms with Crippen LogP contribution in [0.5, 0.6) is 0 Å². The van der Waals surface area contributed by atoms with E-state index in [1.165, 1.54) is 31.3 Å². The Bertz CT molecular complexity index is 82.2. The van der Waals surface area contributed by atoms with Crippen molar-refractivity contribution in [1.82, 2.24) is 0 Å². The zero-order valence-corrected chi connectivity index (χ0v) is 11.6. The highest BCUT2D eigenvalue weighted by atomic mass is 14.0. The summed E-state index contributed by atoms with van der Waals surface area (Å²) in [6, 6.07) is 0. The topological polar surface area (TPSA) is 0 Å². The van der Waals surface area contributed by atoms with Crippen LogP contribution in [0.15, 0.2) is 12.2 Å². The Kier molecular flexibility index (Phi) is 25.6. The highest BCUT2D eigenvalue weighted by Gasteiger charge is 1.95. The molecule has 0 aromatic carbocycles. The van der Waals surface area contributed by atoms with Crippen LogP contribution in [0.3, 0.4) is 0 Å². The van der Waals surface area contributed by atoms with Gasteiger partial charge in [0.2, 0.25) is 0 Å². The molecule has 0 unspecified atom stereocenters. The van der Waals surface area contributed by atoms with Gasteiger partial charge in [-0.1, -0.05) is 65.9 Å². The first-order valence-corrected chi connectivity index (χ1v) is 6.16. The van der Waals surface area contributed by atoms with E-state index >= 15 is 0 Å². The normalized spacial score (nSPS) is 8.29. The average Bonchev–Trinajstić information content (AvgIpc) is 2.08. The van der Waals surface area contributed by atoms with Crippen molar-refractivity contribution in [2.24, 2.45) is 5.92 Å². The lowest BCUT2D eigenvalue weighted by atomic mass is 10.0. The fraction of sp³-hybridized carbons (Fsp3) is 0.857. The summed E-state index contributed by atoms with van der Waals surface area (Å²) in [7, 11) is 0. The molecule has 0 aliphatic carbocycles. The number of hydrogen-bond donors (Lipinski definition) is 0. The number of rotatable bonds is 4. The maximum absolute atomic E-state index is 3.56. The molecule has 0 radical (unpaired) electrons. The van der Waals surface area contributed by atoms with E-state index in [1.54, 1.807) is 0 Å². The highest BCUT2D eigenvalue weighted by Crippen LogP contribution is 2.10. The first kappa shape index (κ1) is 19.3. The molecule has 0 aromatic heterocycles. The smallest absolute Gasteiger partial charge is 0.0443 e. The van der Waals surface area contributed by atoms with Crippen LogP contribution in [0.2, 0.25) is 0 Å². The third kappa shape index (κ3) is 41.1. The maximum Gasteiger partial charge on any atom is -0.0443 e. The largest absolute Gasteiger partial charge is 0.100 e. The summed E-state index contributed by atoms with van der Waals surface area (Å²) in [5.41, 5.74) is 1.17. The second-order valence-electron chi connectivity index (χ2n) is 3.89. The first-order chi connectivity index (χ1) is 6.54. The molecule has 88 valence electrons. The zero-order chi connectivity index (χ0) is 12.0. The van der Waals surface area contributed by atoms with E-state index in [0.717, 1.165) is 5.92 Å². The lowest BCUT2D eigenvalue weighted by Crippen LogP contribution is -1.91. The summed E-state index contributed by atoms with van der Waals surface area (Å²) in [4.78, 5) is 0. The van der Waals surface area contributed by atoms with Crippen LogP contribution >= 0.6 is 0 Å². The second kappa shape index (κ2) is 18.5. The number of hydrogen-bond acceptors (Lipinski definition) is 0. The molecule has 0 bridgehead atoms. The van der Waals surface area contributed by atoms with Gasteiger partial charge in [-0.05, 0) is 19.8 Å². The van der Waals surface area contributed by atoms with Crippen molar-refractivity contribution in [3.05, 3.63) is 12.2 Å². The monoisotopic (exact) mass is 200 g/mol. The Morgan fingerprint density at radius 1 is 1.00 bits per heavy atom. The summed E-state index contributed by atoms with van der Waals surface area (Å²) >= 11 is 0. The van der Waals surface area contributed by atoms with E-state index in [4.69, 9.17) is 0 Å². The Labute approximate surface area is 92.8 Å². The average molecular weight is 200 g/mol. The molecule has 0 amide bonds. The molecule has 0 heteroatoms. The fourth-order valence-electron chi connectivity index (χ4n) is 1.13. The summed E-state index contributed by atoms with van der Waals surface area (Å²) in [5.74, 6) is 0.963. The van der Waals surface area contributed by atoms with Crippen LogP contribution in [0.4, 0.5) is 0 Å². The Morgan fingerprint density at radius 3 is 1.36 bits per heavy atom. The first-order valence-electron chi connectivity index (χ1n) is 6.16. The van der Waals surface area contributed by atoms with E-state index in [2.05, 4.69) is 27.4 Å². The molecular weight excluding hydrogens is 168 g/mol. The van der Waals surface area contributed by atoms with Crippen LogP contribution < -0.4 is 0 Å². The summed E-state index contributed by atoms with van der Waals surface area (Å²) in [5, 5.41) is 0. The van der Waals surface area contributed by atoms with Gasteiger partial charge in [-0.3, -0.25) is 0 Å². The number of allylic oxidation sites excluding steroid dienone is 1. The molecule has 0 fully saturated rings. The quantitative estimate of drug-likeness (QED) is 0.501. The van der Waals surface area contributed by atoms with Gasteiger partial charge in [-0.2, -0.15) is 0 Å². The SMILES string of the molecule is C=C(C)C.CC.CCCC(C)CCC. The Morgan fingerprint density at radius 2 is 1.21 bits per heavy atom. The summed E-state index contributed by atoms with van der Waals surface area (Å²) in [6.45, 7) is 18.4. The van der Waals surface area contributed by atoms with Gasteiger partial charge < -0.3 is 0 Å². The standard InChI is InChI=1S/C8H18.C4H8.C2H6/c1-4-6-8(3)7-5-2;1-4(2)3;1-2/h8H,4-7H2,1-3H3;1H2,2-3H3;1-2H3. The minimum Gasteiger partial charge on any atom is -0.100 e. The van der Waals surface area contributed by atoms with Crippen molar-refractivity contribution in [2.75, 3.05) is 0 Å². The molecule has 0 saturated heterocycles. The molecule has 0 aliphatic rings. The van der Waals surface area contributed by atoms with Gasteiger partial charge in [-0.15, -0.1) is 6.58 Å². The van der Waals surface area contributed by atoms with Gasteiger partial charge in [-0.25, -0.2) is 0 Å². The van der Waals surface area contributed by atoms with Gasteiger partial charge in [0.1, 0.15) is 0 Å². The van der Waals surface area contributed by atoms with E-state index in [-0.39, 0.29) is 0 Å². The van der Waals surface area contributed by atoms with Crippen LogP contribution in [0, 0.1) is 5.92 Å². The van der Waals surface area contributed by atoms with Gasteiger partial charge in [0.15, 0.2) is 0 Å². The van der Waals surface area contributed by atoms with Crippen LogP contribution in [-0.2, 0) is 0 Å². The van der Waals surface area contributed by atoms with Crippen molar-refractivity contribution in [3.63, 3.8) is 0 Å². The Balaban J connectivity index is -0.000000170. The summed E-state index contributed by atoms with van der Waals surface area (Å²) < 4.78 is 0. The molecule has 0 aliphatic heterocycles. The third-order valence-electron chi connectivity index (χ3n) is 1.56. The molecule has 0 spiro atoms. The minimum absolute atomic E-state index is 0.963. The lowest BCUT2D eigenvalue weighted by molar-refractivity contribution is 0.480. The van der Waals surface area contributed by atoms with Gasteiger partial charge in [0.05, 0.1) is 0 Å². The van der Waals surface area contributed by atoms with E-state index < -0.39 is 0 Å².